The lowest BCUT2D eigenvalue weighted by Crippen LogP contribution is -2.10. The van der Waals surface area contributed by atoms with Crippen LogP contribution in [0, 0.1) is 22.1 Å². The van der Waals surface area contributed by atoms with Crippen molar-refractivity contribution in [2.24, 2.45) is 0 Å². The summed E-state index contributed by atoms with van der Waals surface area (Å²) in [5.74, 6) is -1.10. The average Bonchev–Trinajstić information content (AvgIpc) is 2.40. The van der Waals surface area contributed by atoms with Gasteiger partial charge in [-0.2, -0.15) is 0 Å². The molecule has 4 heteroatoms. The van der Waals surface area contributed by atoms with E-state index < -0.39 is 11.6 Å². The van der Waals surface area contributed by atoms with E-state index in [-0.39, 0.29) is 11.7 Å². The minimum absolute atomic E-state index is 0.0638. The molecule has 0 saturated heterocycles. The maximum Gasteiger partial charge on any atom is 0.152 e. The smallest absolute Gasteiger partial charge is 0.152 e. The summed E-state index contributed by atoms with van der Waals surface area (Å²) in [5, 5.41) is 2.90. The van der Waals surface area contributed by atoms with Crippen molar-refractivity contribution in [3.05, 3.63) is 62.7 Å². The fraction of sp³-hybridized carbons (Fsp3) is 0.200. The van der Waals surface area contributed by atoms with Gasteiger partial charge >= 0.3 is 0 Å². The number of halogens is 3. The van der Waals surface area contributed by atoms with Crippen LogP contribution in [0.2, 0.25) is 0 Å². The fourth-order valence-electron chi connectivity index (χ4n) is 1.84. The molecule has 0 spiro atoms. The Bertz CT molecular complexity index is 581. The summed E-state index contributed by atoms with van der Waals surface area (Å²) in [6.45, 7) is 3.50. The Labute approximate surface area is 125 Å². The number of anilines is 1. The molecule has 0 saturated carbocycles. The predicted octanol–water partition coefficient (Wildman–Crippen LogP) is 5.05. The van der Waals surface area contributed by atoms with E-state index in [0.29, 0.717) is 5.56 Å². The number of nitrogens with one attached hydrogen (secondary N) is 1. The highest BCUT2D eigenvalue weighted by Gasteiger charge is 2.14. The van der Waals surface area contributed by atoms with Crippen LogP contribution >= 0.6 is 22.6 Å². The first kappa shape index (κ1) is 14.2. The number of benzene rings is 2. The van der Waals surface area contributed by atoms with E-state index in [1.807, 2.05) is 31.2 Å². The van der Waals surface area contributed by atoms with Crippen LogP contribution in [0.5, 0.6) is 0 Å². The first-order valence-corrected chi connectivity index (χ1v) is 7.03. The van der Waals surface area contributed by atoms with Gasteiger partial charge in [0.1, 0.15) is 11.5 Å². The first-order chi connectivity index (χ1) is 8.99. The van der Waals surface area contributed by atoms with Crippen LogP contribution in [0.25, 0.3) is 0 Å². The summed E-state index contributed by atoms with van der Waals surface area (Å²) < 4.78 is 28.7. The van der Waals surface area contributed by atoms with E-state index in [9.17, 15) is 8.78 Å². The Balaban J connectivity index is 2.26. The van der Waals surface area contributed by atoms with Gasteiger partial charge in [0.2, 0.25) is 0 Å². The van der Waals surface area contributed by atoms with Crippen LogP contribution in [-0.2, 0) is 0 Å². The van der Waals surface area contributed by atoms with Gasteiger partial charge < -0.3 is 5.32 Å². The van der Waals surface area contributed by atoms with Crippen molar-refractivity contribution in [1.82, 2.24) is 0 Å². The predicted molar refractivity (Wildman–Crippen MR) is 82.3 cm³/mol. The quantitative estimate of drug-likeness (QED) is 0.743. The van der Waals surface area contributed by atoms with Gasteiger partial charge in [-0.25, -0.2) is 8.78 Å². The first-order valence-electron chi connectivity index (χ1n) is 5.95. The molecule has 0 amide bonds. The Morgan fingerprint density at radius 1 is 1.05 bits per heavy atom. The molecule has 0 fully saturated rings. The SMILES string of the molecule is Cc1ccc(F)c(NC(C)c2ccc(I)cc2)c1F. The van der Waals surface area contributed by atoms with Crippen molar-refractivity contribution in [2.45, 2.75) is 19.9 Å². The molecule has 2 rings (SSSR count). The zero-order valence-electron chi connectivity index (χ0n) is 10.7. The lowest BCUT2D eigenvalue weighted by atomic mass is 10.1. The Morgan fingerprint density at radius 3 is 2.32 bits per heavy atom. The zero-order chi connectivity index (χ0) is 14.0. The molecule has 0 heterocycles. The van der Waals surface area contributed by atoms with Gasteiger partial charge in [-0.1, -0.05) is 18.2 Å². The van der Waals surface area contributed by atoms with E-state index >= 15 is 0 Å². The standard InChI is InChI=1S/C15H14F2IN/c1-9-3-8-13(16)15(14(9)17)19-10(2)11-4-6-12(18)7-5-11/h3-8,10,19H,1-2H3. The normalized spacial score (nSPS) is 12.3. The molecule has 0 aromatic heterocycles. The largest absolute Gasteiger partial charge is 0.374 e. The van der Waals surface area contributed by atoms with Crippen molar-refractivity contribution in [1.29, 1.82) is 0 Å². The van der Waals surface area contributed by atoms with Crippen LogP contribution in [-0.4, -0.2) is 0 Å². The second kappa shape index (κ2) is 5.86. The van der Waals surface area contributed by atoms with E-state index in [1.165, 1.54) is 12.1 Å². The fourth-order valence-corrected chi connectivity index (χ4v) is 2.20. The Hall–Kier alpha value is -1.17. The third kappa shape index (κ3) is 3.23. The Kier molecular flexibility index (Phi) is 4.39. The third-order valence-corrected chi connectivity index (χ3v) is 3.73. The summed E-state index contributed by atoms with van der Waals surface area (Å²) in [6.07, 6.45) is 0. The molecule has 19 heavy (non-hydrogen) atoms. The van der Waals surface area contributed by atoms with Crippen LogP contribution in [0.15, 0.2) is 36.4 Å². The second-order valence-corrected chi connectivity index (χ2v) is 5.72. The molecule has 1 nitrogen and oxygen atoms in total. The molecule has 0 aliphatic rings. The van der Waals surface area contributed by atoms with Crippen molar-refractivity contribution < 1.29 is 8.78 Å². The molecule has 2 aromatic carbocycles. The average molecular weight is 373 g/mol. The lowest BCUT2D eigenvalue weighted by Gasteiger charge is -2.17. The third-order valence-electron chi connectivity index (χ3n) is 3.02. The molecule has 2 aromatic rings. The van der Waals surface area contributed by atoms with Crippen LogP contribution in [0.4, 0.5) is 14.5 Å². The van der Waals surface area contributed by atoms with Gasteiger partial charge in [0, 0.05) is 9.61 Å². The molecule has 0 aliphatic heterocycles. The van der Waals surface area contributed by atoms with E-state index in [0.717, 1.165) is 9.13 Å². The summed E-state index contributed by atoms with van der Waals surface area (Å²) in [4.78, 5) is 0. The summed E-state index contributed by atoms with van der Waals surface area (Å²) in [7, 11) is 0. The van der Waals surface area contributed by atoms with Crippen LogP contribution in [0.1, 0.15) is 24.1 Å². The molecular formula is C15H14F2IN. The van der Waals surface area contributed by atoms with E-state index in [4.69, 9.17) is 0 Å². The van der Waals surface area contributed by atoms with Gasteiger partial charge in [0.25, 0.3) is 0 Å². The van der Waals surface area contributed by atoms with Crippen molar-refractivity contribution in [3.8, 4) is 0 Å². The molecule has 0 bridgehead atoms. The summed E-state index contributed by atoms with van der Waals surface area (Å²) in [5.41, 5.74) is 1.35. The number of rotatable bonds is 3. The summed E-state index contributed by atoms with van der Waals surface area (Å²) in [6, 6.07) is 10.4. The van der Waals surface area contributed by atoms with Crippen LogP contribution in [0.3, 0.4) is 0 Å². The molecule has 1 unspecified atom stereocenters. The van der Waals surface area contributed by atoms with E-state index in [2.05, 4.69) is 27.9 Å². The van der Waals surface area contributed by atoms with Crippen molar-refractivity contribution in [2.75, 3.05) is 5.32 Å². The molecular weight excluding hydrogens is 359 g/mol. The minimum atomic E-state index is -0.569. The van der Waals surface area contributed by atoms with Gasteiger partial charge in [-0.05, 0) is 65.8 Å². The molecule has 0 aliphatic carbocycles. The maximum absolute atomic E-state index is 13.9. The number of hydrogen-bond donors (Lipinski definition) is 1. The molecule has 0 radical (unpaired) electrons. The highest BCUT2D eigenvalue weighted by atomic mass is 127. The minimum Gasteiger partial charge on any atom is -0.374 e. The van der Waals surface area contributed by atoms with Crippen molar-refractivity contribution in [3.63, 3.8) is 0 Å². The number of aryl methyl sites for hydroxylation is 1. The monoisotopic (exact) mass is 373 g/mol. The molecule has 100 valence electrons. The second-order valence-electron chi connectivity index (χ2n) is 4.47. The van der Waals surface area contributed by atoms with Crippen molar-refractivity contribution >= 4 is 28.3 Å². The molecule has 1 N–H and O–H groups in total. The highest BCUT2D eigenvalue weighted by molar-refractivity contribution is 14.1. The number of hydrogen-bond acceptors (Lipinski definition) is 1. The Morgan fingerprint density at radius 2 is 1.68 bits per heavy atom. The van der Waals surface area contributed by atoms with Gasteiger partial charge in [0.15, 0.2) is 5.82 Å². The topological polar surface area (TPSA) is 12.0 Å². The maximum atomic E-state index is 13.9. The molecule has 1 atom stereocenters. The van der Waals surface area contributed by atoms with Crippen LogP contribution < -0.4 is 5.32 Å². The van der Waals surface area contributed by atoms with E-state index in [1.54, 1.807) is 6.92 Å². The zero-order valence-corrected chi connectivity index (χ0v) is 12.8. The highest BCUT2D eigenvalue weighted by Crippen LogP contribution is 2.26. The lowest BCUT2D eigenvalue weighted by molar-refractivity contribution is 0.579. The van der Waals surface area contributed by atoms with Gasteiger partial charge in [-0.3, -0.25) is 0 Å². The van der Waals surface area contributed by atoms with Gasteiger partial charge in [-0.15, -0.1) is 0 Å². The summed E-state index contributed by atoms with van der Waals surface area (Å²) >= 11 is 2.22. The van der Waals surface area contributed by atoms with Gasteiger partial charge in [0.05, 0.1) is 0 Å².